The molecule has 3 nitrogen and oxygen atoms in total. The maximum Gasteiger partial charge on any atom is 0.153 e. The lowest BCUT2D eigenvalue weighted by Gasteiger charge is -2.34. The average Bonchev–Trinajstić information content (AvgIpc) is 3.13. The Hall–Kier alpha value is -2.39. The number of para-hydroxylation sites is 1. The molecule has 0 bridgehead atoms. The predicted molar refractivity (Wildman–Crippen MR) is 109 cm³/mol. The van der Waals surface area contributed by atoms with Crippen LogP contribution in [0.3, 0.4) is 0 Å². The highest BCUT2D eigenvalue weighted by atomic mass is 16.5. The third-order valence-corrected chi connectivity index (χ3v) is 6.16. The van der Waals surface area contributed by atoms with Gasteiger partial charge in [-0.05, 0) is 69.0 Å². The Morgan fingerprint density at radius 2 is 1.81 bits per heavy atom. The van der Waals surface area contributed by atoms with Gasteiger partial charge in [0.2, 0.25) is 0 Å². The summed E-state index contributed by atoms with van der Waals surface area (Å²) in [4.78, 5) is 7.40. The highest BCUT2D eigenvalue weighted by Gasteiger charge is 2.35. The monoisotopic (exact) mass is 358 g/mol. The molecule has 3 heterocycles. The fourth-order valence-corrected chi connectivity index (χ4v) is 4.80. The topological polar surface area (TPSA) is 25.4 Å². The minimum absolute atomic E-state index is 0.589. The van der Waals surface area contributed by atoms with Crippen molar-refractivity contribution in [3.63, 3.8) is 0 Å². The van der Waals surface area contributed by atoms with E-state index in [-0.39, 0.29) is 0 Å². The largest absolute Gasteiger partial charge is 0.455 e. The van der Waals surface area contributed by atoms with Gasteiger partial charge in [-0.2, -0.15) is 0 Å². The second kappa shape index (κ2) is 6.97. The second-order valence-corrected chi connectivity index (χ2v) is 7.93. The van der Waals surface area contributed by atoms with Crippen LogP contribution in [0.25, 0.3) is 10.9 Å². The number of fused-ring (bicyclic) bond motifs is 2. The molecule has 2 aliphatic heterocycles. The van der Waals surface area contributed by atoms with Crippen molar-refractivity contribution >= 4 is 10.9 Å². The molecule has 27 heavy (non-hydrogen) atoms. The smallest absolute Gasteiger partial charge is 0.153 e. The number of hydrogen-bond donors (Lipinski definition) is 0. The molecule has 5 rings (SSSR count). The first-order chi connectivity index (χ1) is 13.3. The third kappa shape index (κ3) is 3.21. The van der Waals surface area contributed by atoms with Crippen molar-refractivity contribution in [2.24, 2.45) is 0 Å². The van der Waals surface area contributed by atoms with E-state index >= 15 is 0 Å². The molecule has 2 atom stereocenters. The molecular weight excluding hydrogens is 332 g/mol. The summed E-state index contributed by atoms with van der Waals surface area (Å²) in [7, 11) is 0. The Morgan fingerprint density at radius 1 is 0.926 bits per heavy atom. The molecule has 0 radical (unpaired) electrons. The van der Waals surface area contributed by atoms with Crippen molar-refractivity contribution in [3.8, 4) is 11.5 Å². The van der Waals surface area contributed by atoms with E-state index in [0.717, 1.165) is 34.1 Å². The quantitative estimate of drug-likeness (QED) is 0.572. The number of piperidine rings is 1. The van der Waals surface area contributed by atoms with Crippen LogP contribution in [0.1, 0.15) is 49.4 Å². The molecule has 1 aromatic heterocycles. The zero-order valence-electron chi connectivity index (χ0n) is 15.9. The van der Waals surface area contributed by atoms with Crippen LogP contribution >= 0.6 is 0 Å². The standard InChI is InChI=1S/C24H26N2O/c1-17-8-9-19-5-4-7-23(24(19)25-17)27-21-13-10-18(11-14-21)22-15-12-20-6-2-3-16-26(20)22/h4-5,7-11,13-14,20,22H,2-3,6,12,15-16H2,1H3. The van der Waals surface area contributed by atoms with E-state index < -0.39 is 0 Å². The minimum atomic E-state index is 0.589. The van der Waals surface area contributed by atoms with Crippen molar-refractivity contribution in [3.05, 3.63) is 65.9 Å². The van der Waals surface area contributed by atoms with Crippen LogP contribution < -0.4 is 4.74 Å². The first kappa shape index (κ1) is 16.8. The molecule has 2 aliphatic rings. The van der Waals surface area contributed by atoms with Crippen LogP contribution in [0.15, 0.2) is 54.6 Å². The molecule has 3 aromatic rings. The van der Waals surface area contributed by atoms with Crippen molar-refractivity contribution in [1.82, 2.24) is 9.88 Å². The lowest BCUT2D eigenvalue weighted by atomic mass is 10.0. The molecule has 0 aliphatic carbocycles. The lowest BCUT2D eigenvalue weighted by molar-refractivity contribution is 0.150. The molecule has 2 saturated heterocycles. The van der Waals surface area contributed by atoms with Crippen LogP contribution in [0.5, 0.6) is 11.5 Å². The summed E-state index contributed by atoms with van der Waals surface area (Å²) >= 11 is 0. The normalized spacial score (nSPS) is 22.7. The summed E-state index contributed by atoms with van der Waals surface area (Å²) in [6.45, 7) is 3.27. The Kier molecular flexibility index (Phi) is 4.33. The summed E-state index contributed by atoms with van der Waals surface area (Å²) in [6, 6.07) is 20.4. The van der Waals surface area contributed by atoms with E-state index in [1.54, 1.807) is 0 Å². The SMILES string of the molecule is Cc1ccc2cccc(Oc3ccc(C4CCC5CCCCN54)cc3)c2n1. The highest BCUT2D eigenvalue weighted by Crippen LogP contribution is 2.40. The van der Waals surface area contributed by atoms with Gasteiger partial charge in [-0.25, -0.2) is 4.98 Å². The van der Waals surface area contributed by atoms with E-state index in [2.05, 4.69) is 46.3 Å². The molecule has 2 aromatic carbocycles. The van der Waals surface area contributed by atoms with Gasteiger partial charge in [0.1, 0.15) is 11.3 Å². The molecule has 2 unspecified atom stereocenters. The fraction of sp³-hybridized carbons (Fsp3) is 0.375. The molecule has 3 heteroatoms. The molecule has 0 spiro atoms. The van der Waals surface area contributed by atoms with Gasteiger partial charge in [0, 0.05) is 23.2 Å². The number of aromatic nitrogens is 1. The molecule has 0 saturated carbocycles. The third-order valence-electron chi connectivity index (χ3n) is 6.16. The number of benzene rings is 2. The Bertz CT molecular complexity index is 950. The highest BCUT2D eigenvalue weighted by molar-refractivity contribution is 5.84. The van der Waals surface area contributed by atoms with Crippen molar-refractivity contribution in [2.45, 2.75) is 51.1 Å². The van der Waals surface area contributed by atoms with E-state index in [9.17, 15) is 0 Å². The number of hydrogen-bond acceptors (Lipinski definition) is 3. The Balaban J connectivity index is 1.38. The van der Waals surface area contributed by atoms with Crippen LogP contribution in [0.4, 0.5) is 0 Å². The zero-order chi connectivity index (χ0) is 18.2. The summed E-state index contributed by atoms with van der Waals surface area (Å²) in [5, 5.41) is 1.11. The van der Waals surface area contributed by atoms with Gasteiger partial charge in [-0.3, -0.25) is 4.90 Å². The second-order valence-electron chi connectivity index (χ2n) is 7.93. The molecule has 2 fully saturated rings. The first-order valence-corrected chi connectivity index (χ1v) is 10.2. The molecule has 138 valence electrons. The van der Waals surface area contributed by atoms with Crippen LogP contribution in [0.2, 0.25) is 0 Å². The maximum absolute atomic E-state index is 6.19. The zero-order valence-corrected chi connectivity index (χ0v) is 15.9. The number of rotatable bonds is 3. The Morgan fingerprint density at radius 3 is 2.70 bits per heavy atom. The van der Waals surface area contributed by atoms with Crippen molar-refractivity contribution < 1.29 is 4.74 Å². The van der Waals surface area contributed by atoms with Gasteiger partial charge >= 0.3 is 0 Å². The van der Waals surface area contributed by atoms with E-state index in [4.69, 9.17) is 4.74 Å². The summed E-state index contributed by atoms with van der Waals surface area (Å²) in [6.07, 6.45) is 6.77. The van der Waals surface area contributed by atoms with Gasteiger partial charge in [-0.1, -0.05) is 36.8 Å². The molecule has 0 amide bonds. The molecule has 0 N–H and O–H groups in total. The molecular formula is C24H26N2O. The van der Waals surface area contributed by atoms with Gasteiger partial charge in [0.25, 0.3) is 0 Å². The Labute approximate surface area is 161 Å². The maximum atomic E-state index is 6.19. The van der Waals surface area contributed by atoms with Gasteiger partial charge in [0.05, 0.1) is 0 Å². The first-order valence-electron chi connectivity index (χ1n) is 10.2. The minimum Gasteiger partial charge on any atom is -0.455 e. The summed E-state index contributed by atoms with van der Waals surface area (Å²) < 4.78 is 6.19. The van der Waals surface area contributed by atoms with Crippen LogP contribution in [-0.4, -0.2) is 22.5 Å². The van der Waals surface area contributed by atoms with E-state index in [1.807, 2.05) is 25.1 Å². The number of ether oxygens (including phenoxy) is 1. The van der Waals surface area contributed by atoms with Gasteiger partial charge in [0.15, 0.2) is 5.75 Å². The van der Waals surface area contributed by atoms with Crippen molar-refractivity contribution in [1.29, 1.82) is 0 Å². The lowest BCUT2D eigenvalue weighted by Crippen LogP contribution is -2.35. The average molecular weight is 358 g/mol. The van der Waals surface area contributed by atoms with E-state index in [1.165, 1.54) is 44.2 Å². The fourth-order valence-electron chi connectivity index (χ4n) is 4.80. The number of aryl methyl sites for hydroxylation is 1. The van der Waals surface area contributed by atoms with Gasteiger partial charge < -0.3 is 4.74 Å². The van der Waals surface area contributed by atoms with Crippen molar-refractivity contribution in [2.75, 3.05) is 6.54 Å². The van der Waals surface area contributed by atoms with Gasteiger partial charge in [-0.15, -0.1) is 0 Å². The van der Waals surface area contributed by atoms with E-state index in [0.29, 0.717) is 6.04 Å². The van der Waals surface area contributed by atoms with Crippen LogP contribution in [0, 0.1) is 6.92 Å². The van der Waals surface area contributed by atoms with Crippen LogP contribution in [-0.2, 0) is 0 Å². The predicted octanol–water partition coefficient (Wildman–Crippen LogP) is 6.02. The number of pyridine rings is 1. The summed E-state index contributed by atoms with van der Waals surface area (Å²) in [5.41, 5.74) is 3.36. The number of nitrogens with zero attached hydrogens (tertiary/aromatic N) is 2. The summed E-state index contributed by atoms with van der Waals surface area (Å²) in [5.74, 6) is 1.70.